The molecule has 9 nitrogen and oxygen atoms in total. The molecule has 0 amide bonds. The summed E-state index contributed by atoms with van der Waals surface area (Å²) in [6, 6.07) is 0. The van der Waals surface area contributed by atoms with Gasteiger partial charge in [-0.15, -0.1) is 0 Å². The van der Waals surface area contributed by atoms with Crippen LogP contribution in [0.5, 0.6) is 0 Å². The number of hydrogen-bond acceptors (Lipinski definition) is 9. The molecule has 0 aromatic heterocycles. The maximum atomic E-state index is 12.2. The third kappa shape index (κ3) is 12.8. The molecular weight excluding hydrogens is 444 g/mol. The van der Waals surface area contributed by atoms with Crippen LogP contribution in [-0.4, -0.2) is 89.6 Å². The summed E-state index contributed by atoms with van der Waals surface area (Å²) >= 11 is 0. The predicted octanol–water partition coefficient (Wildman–Crippen LogP) is 2.45. The Balaban J connectivity index is 2.43. The highest BCUT2D eigenvalue weighted by molar-refractivity contribution is 5.69. The van der Waals surface area contributed by atoms with Crippen molar-refractivity contribution in [3.63, 3.8) is 0 Å². The number of esters is 1. The van der Waals surface area contributed by atoms with Crippen LogP contribution in [0.2, 0.25) is 0 Å². The fourth-order valence-electron chi connectivity index (χ4n) is 3.84. The molecule has 9 heteroatoms. The van der Waals surface area contributed by atoms with Gasteiger partial charge in [0.1, 0.15) is 30.5 Å². The Bertz CT molecular complexity index is 503. The lowest BCUT2D eigenvalue weighted by atomic mass is 9.99. The number of hydrogen-bond donors (Lipinski definition) is 4. The Labute approximate surface area is 204 Å². The molecule has 1 saturated heterocycles. The minimum Gasteiger partial charge on any atom is -0.457 e. The number of ether oxygens (including phenoxy) is 4. The lowest BCUT2D eigenvalue weighted by molar-refractivity contribution is -0.305. The highest BCUT2D eigenvalue weighted by Gasteiger charge is 2.44. The highest BCUT2D eigenvalue weighted by Crippen LogP contribution is 2.22. The van der Waals surface area contributed by atoms with Crippen molar-refractivity contribution in [2.45, 2.75) is 128 Å². The minimum atomic E-state index is -1.52. The number of carbonyl (C=O) groups is 1. The molecule has 1 rings (SSSR count). The van der Waals surface area contributed by atoms with Crippen LogP contribution in [0, 0.1) is 0 Å². The van der Waals surface area contributed by atoms with Gasteiger partial charge < -0.3 is 39.4 Å². The summed E-state index contributed by atoms with van der Waals surface area (Å²) in [6.07, 6.45) is 5.05. The molecule has 0 radical (unpaired) electrons. The van der Waals surface area contributed by atoms with Gasteiger partial charge in [-0.25, -0.2) is 0 Å². The quantitative estimate of drug-likeness (QED) is 0.149. The Morgan fingerprint density at radius 2 is 1.44 bits per heavy atom. The van der Waals surface area contributed by atoms with Crippen molar-refractivity contribution in [1.82, 2.24) is 0 Å². The molecule has 0 saturated carbocycles. The van der Waals surface area contributed by atoms with E-state index in [1.807, 2.05) is 0 Å². The van der Waals surface area contributed by atoms with Crippen molar-refractivity contribution >= 4 is 5.97 Å². The van der Waals surface area contributed by atoms with E-state index in [4.69, 9.17) is 18.9 Å². The Kier molecular flexibility index (Phi) is 17.8. The maximum absolute atomic E-state index is 12.2. The van der Waals surface area contributed by atoms with Crippen molar-refractivity contribution in [2.75, 3.05) is 26.4 Å². The normalized spacial score (nSPS) is 25.9. The fourth-order valence-corrected chi connectivity index (χ4v) is 3.84. The van der Waals surface area contributed by atoms with Crippen molar-refractivity contribution in [3.05, 3.63) is 0 Å². The van der Waals surface area contributed by atoms with E-state index in [2.05, 4.69) is 13.8 Å². The number of unbranched alkanes of at least 4 members (excludes halogenated alkanes) is 9. The molecule has 0 spiro atoms. The SMILES string of the molecule is CCCCCCCCCCOCC(COC1OC(CO)C(O)C(O)C1O)OC(=O)CCCCC. The third-order valence-corrected chi connectivity index (χ3v) is 6.02. The molecule has 0 aromatic carbocycles. The zero-order chi connectivity index (χ0) is 25.2. The molecule has 1 fully saturated rings. The van der Waals surface area contributed by atoms with E-state index in [1.165, 1.54) is 38.5 Å². The summed E-state index contributed by atoms with van der Waals surface area (Å²) in [4.78, 5) is 12.2. The van der Waals surface area contributed by atoms with Gasteiger partial charge in [0, 0.05) is 13.0 Å². The van der Waals surface area contributed by atoms with Crippen LogP contribution >= 0.6 is 0 Å². The van der Waals surface area contributed by atoms with E-state index in [0.717, 1.165) is 32.1 Å². The van der Waals surface area contributed by atoms with Crippen LogP contribution in [-0.2, 0) is 23.7 Å². The molecule has 34 heavy (non-hydrogen) atoms. The van der Waals surface area contributed by atoms with Crippen LogP contribution in [0.3, 0.4) is 0 Å². The summed E-state index contributed by atoms with van der Waals surface area (Å²) in [7, 11) is 0. The van der Waals surface area contributed by atoms with Gasteiger partial charge in [-0.3, -0.25) is 4.79 Å². The summed E-state index contributed by atoms with van der Waals surface area (Å²) in [5.41, 5.74) is 0. The van der Waals surface area contributed by atoms with Gasteiger partial charge in [0.05, 0.1) is 19.8 Å². The Morgan fingerprint density at radius 1 is 0.824 bits per heavy atom. The number of carbonyl (C=O) groups excluding carboxylic acids is 1. The predicted molar refractivity (Wildman–Crippen MR) is 127 cm³/mol. The van der Waals surface area contributed by atoms with E-state index in [0.29, 0.717) is 13.0 Å². The Morgan fingerprint density at radius 3 is 2.09 bits per heavy atom. The first-order valence-corrected chi connectivity index (χ1v) is 13.1. The second-order valence-corrected chi connectivity index (χ2v) is 9.15. The van der Waals surface area contributed by atoms with Crippen molar-refractivity contribution < 1.29 is 44.2 Å². The molecule has 1 aliphatic heterocycles. The van der Waals surface area contributed by atoms with Gasteiger partial charge in [0.15, 0.2) is 6.29 Å². The van der Waals surface area contributed by atoms with Crippen molar-refractivity contribution in [3.8, 4) is 0 Å². The van der Waals surface area contributed by atoms with Crippen LogP contribution in [0.15, 0.2) is 0 Å². The number of rotatable bonds is 20. The Hall–Kier alpha value is -0.810. The molecule has 0 aromatic rings. The van der Waals surface area contributed by atoms with E-state index >= 15 is 0 Å². The highest BCUT2D eigenvalue weighted by atomic mass is 16.7. The molecule has 6 atom stereocenters. The molecule has 6 unspecified atom stereocenters. The third-order valence-electron chi connectivity index (χ3n) is 6.02. The van der Waals surface area contributed by atoms with E-state index in [-0.39, 0.29) is 19.2 Å². The lowest BCUT2D eigenvalue weighted by Gasteiger charge is -2.39. The molecule has 0 bridgehead atoms. The topological polar surface area (TPSA) is 135 Å². The number of aliphatic hydroxyl groups is 4. The smallest absolute Gasteiger partial charge is 0.306 e. The van der Waals surface area contributed by atoms with Gasteiger partial charge in [-0.1, -0.05) is 71.6 Å². The van der Waals surface area contributed by atoms with Gasteiger partial charge in [0.2, 0.25) is 0 Å². The second-order valence-electron chi connectivity index (χ2n) is 9.15. The lowest BCUT2D eigenvalue weighted by Crippen LogP contribution is -2.59. The second kappa shape index (κ2) is 19.4. The zero-order valence-electron chi connectivity index (χ0n) is 21.1. The van der Waals surface area contributed by atoms with Crippen molar-refractivity contribution in [1.29, 1.82) is 0 Å². The monoisotopic (exact) mass is 492 g/mol. The first kappa shape index (κ1) is 31.2. The van der Waals surface area contributed by atoms with Gasteiger partial charge in [0.25, 0.3) is 0 Å². The van der Waals surface area contributed by atoms with Gasteiger partial charge in [-0.2, -0.15) is 0 Å². The van der Waals surface area contributed by atoms with E-state index < -0.39 is 43.4 Å². The summed E-state index contributed by atoms with van der Waals surface area (Å²) < 4.78 is 22.2. The van der Waals surface area contributed by atoms with Crippen LogP contribution in [0.4, 0.5) is 0 Å². The summed E-state index contributed by atoms with van der Waals surface area (Å²) in [5.74, 6) is -0.341. The van der Waals surface area contributed by atoms with Crippen LogP contribution in [0.25, 0.3) is 0 Å². The molecule has 4 N–H and O–H groups in total. The molecular formula is C25H48O9. The first-order chi connectivity index (χ1) is 16.4. The standard InChI is InChI=1S/C25H48O9/c1-3-5-7-8-9-10-11-13-15-31-17-19(33-21(27)14-12-6-4-2)18-32-25-24(30)23(29)22(28)20(16-26)34-25/h19-20,22-26,28-30H,3-18H2,1-2H3. The molecule has 1 aliphatic rings. The van der Waals surface area contributed by atoms with E-state index in [1.54, 1.807) is 0 Å². The van der Waals surface area contributed by atoms with Crippen LogP contribution < -0.4 is 0 Å². The first-order valence-electron chi connectivity index (χ1n) is 13.1. The number of aliphatic hydroxyl groups excluding tert-OH is 4. The van der Waals surface area contributed by atoms with Gasteiger partial charge in [-0.05, 0) is 12.8 Å². The average Bonchev–Trinajstić information content (AvgIpc) is 2.83. The summed E-state index contributed by atoms with van der Waals surface area (Å²) in [5, 5.41) is 39.3. The summed E-state index contributed by atoms with van der Waals surface area (Å²) in [6.45, 7) is 4.32. The van der Waals surface area contributed by atoms with Crippen LogP contribution in [0.1, 0.15) is 90.9 Å². The van der Waals surface area contributed by atoms with Crippen molar-refractivity contribution in [2.24, 2.45) is 0 Å². The fraction of sp³-hybridized carbons (Fsp3) is 0.960. The minimum absolute atomic E-state index is 0.111. The average molecular weight is 493 g/mol. The molecule has 202 valence electrons. The largest absolute Gasteiger partial charge is 0.457 e. The zero-order valence-corrected chi connectivity index (χ0v) is 21.1. The van der Waals surface area contributed by atoms with Gasteiger partial charge >= 0.3 is 5.97 Å². The molecule has 1 heterocycles. The van der Waals surface area contributed by atoms with E-state index in [9.17, 15) is 25.2 Å². The molecule has 0 aliphatic carbocycles. The maximum Gasteiger partial charge on any atom is 0.306 e.